The second-order valence-corrected chi connectivity index (χ2v) is 6.76. The molecule has 1 N–H and O–H groups in total. The molecule has 6 nitrogen and oxygen atoms in total. The normalized spacial score (nSPS) is 12.2. The lowest BCUT2D eigenvalue weighted by Gasteiger charge is -2.13. The second kappa shape index (κ2) is 7.80. The molecule has 3 rings (SSSR count). The number of aliphatic hydroxyl groups is 1. The van der Waals surface area contributed by atoms with Crippen LogP contribution in [0.2, 0.25) is 0 Å². The first-order valence-corrected chi connectivity index (χ1v) is 8.84. The molecule has 0 fully saturated rings. The fraction of sp³-hybridized carbons (Fsp3) is 0.333. The topological polar surface area (TPSA) is 64.6 Å². The summed E-state index contributed by atoms with van der Waals surface area (Å²) in [6, 6.07) is 11.1. The molecule has 1 heterocycles. The monoisotopic (exact) mass is 369 g/mol. The predicted molar refractivity (Wildman–Crippen MR) is 102 cm³/mol. The van der Waals surface area contributed by atoms with Gasteiger partial charge >= 0.3 is 5.97 Å². The van der Waals surface area contributed by atoms with Crippen LogP contribution >= 0.6 is 0 Å². The van der Waals surface area contributed by atoms with Crippen molar-refractivity contribution >= 4 is 17.0 Å². The molecule has 1 atom stereocenters. The van der Waals surface area contributed by atoms with Gasteiger partial charge in [0.1, 0.15) is 30.6 Å². The molecule has 2 aromatic carbocycles. The molecule has 0 unspecified atom stereocenters. The molecule has 0 saturated carbocycles. The zero-order valence-electron chi connectivity index (χ0n) is 16.1. The Kier molecular flexibility index (Phi) is 5.46. The number of fused-ring (bicyclic) bond motifs is 1. The van der Waals surface area contributed by atoms with Gasteiger partial charge in [-0.15, -0.1) is 0 Å². The highest BCUT2D eigenvalue weighted by molar-refractivity contribution is 5.92. The second-order valence-electron chi connectivity index (χ2n) is 6.76. The van der Waals surface area contributed by atoms with Crippen LogP contribution in [0, 0.1) is 13.8 Å². The smallest absolute Gasteiger partial charge is 0.341 e. The number of esters is 1. The van der Waals surface area contributed by atoms with E-state index in [9.17, 15) is 9.90 Å². The molecule has 0 aliphatic rings. The number of carbonyl (C=O) groups excluding carboxylic acids is 1. The van der Waals surface area contributed by atoms with Gasteiger partial charge in [-0.25, -0.2) is 13.9 Å². The number of para-hydroxylation sites is 1. The molecule has 0 saturated heterocycles. The van der Waals surface area contributed by atoms with Crippen molar-refractivity contribution in [2.45, 2.75) is 26.5 Å². The molecule has 0 amide bonds. The Balaban J connectivity index is 1.74. The van der Waals surface area contributed by atoms with E-state index in [2.05, 4.69) is 26.0 Å². The summed E-state index contributed by atoms with van der Waals surface area (Å²) in [5, 5.41) is 10.5. The van der Waals surface area contributed by atoms with E-state index in [-0.39, 0.29) is 6.61 Å². The Bertz CT molecular complexity index is 978. The van der Waals surface area contributed by atoms with Crippen LogP contribution in [-0.4, -0.2) is 35.5 Å². The number of aliphatic hydroxyl groups excluding tert-OH is 1. The van der Waals surface area contributed by atoms with Gasteiger partial charge in [0, 0.05) is 0 Å². The molecule has 6 heteroatoms. The van der Waals surface area contributed by atoms with Gasteiger partial charge in [0.25, 0.3) is 0 Å². The van der Waals surface area contributed by atoms with E-state index in [1.54, 1.807) is 24.3 Å². The predicted octanol–water partition coefficient (Wildman–Crippen LogP) is 2.31. The van der Waals surface area contributed by atoms with Crippen molar-refractivity contribution in [3.05, 3.63) is 59.4 Å². The standard InChI is InChI=1S/C21H25N2O4/c1-14-9-18-19(10-15(14)2)23(13-22(18)3)11-16(24)12-27-20-8-6-5-7-17(20)21(25)26-4/h5-10,13,16,24H,11-12H2,1-4H3/q+1/t16-/m1/s1. The third-order valence-electron chi connectivity index (χ3n) is 4.72. The van der Waals surface area contributed by atoms with Crippen LogP contribution in [0.1, 0.15) is 21.5 Å². The minimum Gasteiger partial charge on any atom is -0.490 e. The first-order chi connectivity index (χ1) is 12.9. The molecular weight excluding hydrogens is 344 g/mol. The van der Waals surface area contributed by atoms with Crippen molar-refractivity contribution in [1.82, 2.24) is 4.57 Å². The summed E-state index contributed by atoms with van der Waals surface area (Å²) < 4.78 is 14.5. The molecule has 0 aliphatic carbocycles. The van der Waals surface area contributed by atoms with Crippen LogP contribution in [0.25, 0.3) is 11.0 Å². The fourth-order valence-corrected chi connectivity index (χ4v) is 3.11. The van der Waals surface area contributed by atoms with Gasteiger partial charge in [-0.2, -0.15) is 0 Å². The number of rotatable bonds is 6. The van der Waals surface area contributed by atoms with E-state index in [1.165, 1.54) is 18.2 Å². The van der Waals surface area contributed by atoms with Crippen LogP contribution in [0.15, 0.2) is 42.7 Å². The quantitative estimate of drug-likeness (QED) is 0.535. The van der Waals surface area contributed by atoms with Crippen molar-refractivity contribution in [3.63, 3.8) is 0 Å². The third kappa shape index (κ3) is 3.95. The summed E-state index contributed by atoms with van der Waals surface area (Å²) in [5.74, 6) is -0.0628. The van der Waals surface area contributed by atoms with E-state index < -0.39 is 12.1 Å². The summed E-state index contributed by atoms with van der Waals surface area (Å²) in [7, 11) is 3.32. The van der Waals surface area contributed by atoms with Crippen LogP contribution in [-0.2, 0) is 18.3 Å². The number of imidazole rings is 1. The largest absolute Gasteiger partial charge is 0.490 e. The van der Waals surface area contributed by atoms with E-state index in [1.807, 2.05) is 22.5 Å². The zero-order chi connectivity index (χ0) is 19.6. The van der Waals surface area contributed by atoms with Crippen LogP contribution in [0.3, 0.4) is 0 Å². The van der Waals surface area contributed by atoms with Gasteiger partial charge in [0.05, 0.1) is 14.2 Å². The summed E-state index contributed by atoms with van der Waals surface area (Å²) in [5.41, 5.74) is 4.97. The maximum Gasteiger partial charge on any atom is 0.341 e. The number of nitrogens with zero attached hydrogens (tertiary/aromatic N) is 2. The number of carbonyl (C=O) groups is 1. The Morgan fingerprint density at radius 2 is 1.93 bits per heavy atom. The summed E-state index contributed by atoms with van der Waals surface area (Å²) in [4.78, 5) is 11.8. The first kappa shape index (κ1) is 18.9. The minimum atomic E-state index is -0.729. The summed E-state index contributed by atoms with van der Waals surface area (Å²) in [6.45, 7) is 4.63. The summed E-state index contributed by atoms with van der Waals surface area (Å²) in [6.07, 6.45) is 1.24. The first-order valence-electron chi connectivity index (χ1n) is 8.84. The lowest BCUT2D eigenvalue weighted by atomic mass is 10.1. The lowest BCUT2D eigenvalue weighted by Crippen LogP contribution is -2.27. The number of hydrogen-bond acceptors (Lipinski definition) is 4. The van der Waals surface area contributed by atoms with Crippen molar-refractivity contribution in [2.75, 3.05) is 13.7 Å². The van der Waals surface area contributed by atoms with Gasteiger partial charge in [-0.05, 0) is 49.2 Å². The van der Waals surface area contributed by atoms with Crippen LogP contribution in [0.4, 0.5) is 0 Å². The Hall–Kier alpha value is -2.86. The number of ether oxygens (including phenoxy) is 2. The van der Waals surface area contributed by atoms with Gasteiger partial charge < -0.3 is 14.6 Å². The number of methoxy groups -OCH3 is 1. The van der Waals surface area contributed by atoms with Crippen molar-refractivity contribution in [1.29, 1.82) is 0 Å². The minimum absolute atomic E-state index is 0.0717. The van der Waals surface area contributed by atoms with E-state index >= 15 is 0 Å². The maximum absolute atomic E-state index is 11.8. The Labute approximate surface area is 158 Å². The summed E-state index contributed by atoms with van der Waals surface area (Å²) >= 11 is 0. The average Bonchev–Trinajstić information content (AvgIpc) is 2.94. The van der Waals surface area contributed by atoms with Crippen molar-refractivity contribution in [3.8, 4) is 5.75 Å². The SMILES string of the molecule is COC(=O)c1ccccc1OC[C@H](O)Cn1c[n+](C)c2cc(C)c(C)cc21. The molecule has 27 heavy (non-hydrogen) atoms. The number of aromatic nitrogens is 2. The highest BCUT2D eigenvalue weighted by Crippen LogP contribution is 2.20. The number of benzene rings is 2. The van der Waals surface area contributed by atoms with Crippen molar-refractivity contribution in [2.24, 2.45) is 7.05 Å². The molecular formula is C21H25N2O4+. The molecule has 3 aromatic rings. The molecule has 0 radical (unpaired) electrons. The van der Waals surface area contributed by atoms with Gasteiger partial charge in [0.15, 0.2) is 11.0 Å². The van der Waals surface area contributed by atoms with Gasteiger partial charge in [-0.3, -0.25) is 0 Å². The Morgan fingerprint density at radius 1 is 1.22 bits per heavy atom. The lowest BCUT2D eigenvalue weighted by molar-refractivity contribution is -0.645. The molecule has 1 aromatic heterocycles. The van der Waals surface area contributed by atoms with Gasteiger partial charge in [-0.1, -0.05) is 12.1 Å². The third-order valence-corrected chi connectivity index (χ3v) is 4.72. The van der Waals surface area contributed by atoms with Crippen molar-refractivity contribution < 1.29 is 23.9 Å². The zero-order valence-corrected chi connectivity index (χ0v) is 16.1. The highest BCUT2D eigenvalue weighted by atomic mass is 16.5. The molecule has 0 bridgehead atoms. The Morgan fingerprint density at radius 3 is 2.67 bits per heavy atom. The van der Waals surface area contributed by atoms with E-state index in [4.69, 9.17) is 9.47 Å². The highest BCUT2D eigenvalue weighted by Gasteiger charge is 2.19. The average molecular weight is 369 g/mol. The number of aryl methyl sites for hydroxylation is 3. The maximum atomic E-state index is 11.8. The van der Waals surface area contributed by atoms with Crippen LogP contribution in [0.5, 0.6) is 5.75 Å². The van der Waals surface area contributed by atoms with E-state index in [0.29, 0.717) is 17.9 Å². The fourth-order valence-electron chi connectivity index (χ4n) is 3.11. The van der Waals surface area contributed by atoms with E-state index in [0.717, 1.165) is 11.0 Å². The van der Waals surface area contributed by atoms with Gasteiger partial charge in [0.2, 0.25) is 6.33 Å². The van der Waals surface area contributed by atoms with Crippen LogP contribution < -0.4 is 9.30 Å². The molecule has 0 spiro atoms. The molecule has 0 aliphatic heterocycles. The number of hydrogen-bond donors (Lipinski definition) is 1. The molecule has 142 valence electrons.